The largest absolute Gasteiger partial charge is 0.463 e. The number of halogens is 1. The molecule has 0 aliphatic heterocycles. The second-order valence-corrected chi connectivity index (χ2v) is 6.10. The fraction of sp³-hybridized carbons (Fsp3) is 0.105. The summed E-state index contributed by atoms with van der Waals surface area (Å²) in [5.74, 6) is 0.386. The Labute approximate surface area is 154 Å². The van der Waals surface area contributed by atoms with E-state index in [1.165, 1.54) is 0 Å². The smallest absolute Gasteiger partial charge is 0.252 e. The van der Waals surface area contributed by atoms with Gasteiger partial charge in [0.25, 0.3) is 5.91 Å². The maximum atomic E-state index is 12.8. The van der Waals surface area contributed by atoms with Gasteiger partial charge >= 0.3 is 0 Å². The zero-order valence-corrected chi connectivity index (χ0v) is 14.5. The average molecular weight is 367 g/mol. The van der Waals surface area contributed by atoms with Crippen molar-refractivity contribution in [1.29, 1.82) is 0 Å². The number of furan rings is 1. The Morgan fingerprint density at radius 3 is 2.92 bits per heavy atom. The standard InChI is InChI=1S/C19H15ClN4O2/c20-15-5-1-4-13-14(19(25)21-8-10-24-9-3-7-22-24)12-16(23-18(13)15)17-6-2-11-26-17/h1-7,9,11-12H,8,10H2,(H,21,25). The van der Waals surface area contributed by atoms with E-state index in [-0.39, 0.29) is 5.91 Å². The number of nitrogens with zero attached hydrogens (tertiary/aromatic N) is 3. The van der Waals surface area contributed by atoms with Gasteiger partial charge in [-0.2, -0.15) is 5.10 Å². The van der Waals surface area contributed by atoms with Crippen LogP contribution in [0.5, 0.6) is 0 Å². The Bertz CT molecular complexity index is 1040. The van der Waals surface area contributed by atoms with Crippen molar-refractivity contribution in [3.63, 3.8) is 0 Å². The molecular weight excluding hydrogens is 352 g/mol. The summed E-state index contributed by atoms with van der Waals surface area (Å²) in [7, 11) is 0. The molecule has 0 aliphatic carbocycles. The van der Waals surface area contributed by atoms with E-state index < -0.39 is 0 Å². The first kappa shape index (κ1) is 16.4. The van der Waals surface area contributed by atoms with Crippen LogP contribution in [0.25, 0.3) is 22.4 Å². The molecule has 0 unspecified atom stereocenters. The van der Waals surface area contributed by atoms with Gasteiger partial charge in [-0.25, -0.2) is 4.98 Å². The van der Waals surface area contributed by atoms with Gasteiger partial charge in [0.15, 0.2) is 5.76 Å². The highest BCUT2D eigenvalue weighted by atomic mass is 35.5. The molecule has 0 atom stereocenters. The van der Waals surface area contributed by atoms with Gasteiger partial charge in [0.05, 0.1) is 28.9 Å². The Morgan fingerprint density at radius 2 is 2.15 bits per heavy atom. The lowest BCUT2D eigenvalue weighted by Crippen LogP contribution is -2.27. The van der Waals surface area contributed by atoms with Gasteiger partial charge in [-0.1, -0.05) is 23.7 Å². The average Bonchev–Trinajstić information content (AvgIpc) is 3.35. The molecule has 3 heterocycles. The van der Waals surface area contributed by atoms with Crippen molar-refractivity contribution in [2.24, 2.45) is 0 Å². The van der Waals surface area contributed by atoms with Crippen LogP contribution in [-0.4, -0.2) is 27.2 Å². The van der Waals surface area contributed by atoms with Gasteiger partial charge in [0.2, 0.25) is 0 Å². The maximum Gasteiger partial charge on any atom is 0.252 e. The highest BCUT2D eigenvalue weighted by molar-refractivity contribution is 6.35. The molecule has 26 heavy (non-hydrogen) atoms. The van der Waals surface area contributed by atoms with Gasteiger partial charge in [0.1, 0.15) is 5.69 Å². The lowest BCUT2D eigenvalue weighted by Gasteiger charge is -2.10. The minimum atomic E-state index is -0.195. The van der Waals surface area contributed by atoms with E-state index in [2.05, 4.69) is 15.4 Å². The fourth-order valence-electron chi connectivity index (χ4n) is 2.76. The molecule has 1 amide bonds. The summed E-state index contributed by atoms with van der Waals surface area (Å²) in [5.41, 5.74) is 1.64. The molecule has 7 heteroatoms. The summed E-state index contributed by atoms with van der Waals surface area (Å²) >= 11 is 6.30. The number of para-hydroxylation sites is 1. The van der Waals surface area contributed by atoms with Crippen LogP contribution < -0.4 is 5.32 Å². The second kappa shape index (κ2) is 7.01. The number of carbonyl (C=O) groups is 1. The summed E-state index contributed by atoms with van der Waals surface area (Å²) in [4.78, 5) is 17.3. The molecule has 1 N–H and O–H groups in total. The molecule has 4 aromatic rings. The number of pyridine rings is 1. The second-order valence-electron chi connectivity index (χ2n) is 5.69. The lowest BCUT2D eigenvalue weighted by atomic mass is 10.1. The fourth-order valence-corrected chi connectivity index (χ4v) is 2.98. The van der Waals surface area contributed by atoms with Crippen LogP contribution in [0.2, 0.25) is 5.02 Å². The Morgan fingerprint density at radius 1 is 1.23 bits per heavy atom. The minimum absolute atomic E-state index is 0.195. The topological polar surface area (TPSA) is 73.0 Å². The van der Waals surface area contributed by atoms with Crippen LogP contribution in [0.1, 0.15) is 10.4 Å². The molecule has 0 fully saturated rings. The normalized spacial score (nSPS) is 11.0. The third-order valence-corrected chi connectivity index (χ3v) is 4.30. The van der Waals surface area contributed by atoms with Crippen LogP contribution in [-0.2, 0) is 6.54 Å². The van der Waals surface area contributed by atoms with Gasteiger partial charge in [-0.15, -0.1) is 0 Å². The van der Waals surface area contributed by atoms with Crippen molar-refractivity contribution < 1.29 is 9.21 Å². The Kier molecular flexibility index (Phi) is 4.41. The number of aromatic nitrogens is 3. The summed E-state index contributed by atoms with van der Waals surface area (Å²) < 4.78 is 7.18. The summed E-state index contributed by atoms with van der Waals surface area (Å²) in [6.45, 7) is 1.05. The van der Waals surface area contributed by atoms with Gasteiger partial charge in [0, 0.05) is 24.3 Å². The molecule has 0 spiro atoms. The van der Waals surface area contributed by atoms with Crippen LogP contribution in [0.4, 0.5) is 0 Å². The molecule has 0 saturated heterocycles. The van der Waals surface area contributed by atoms with Crippen molar-refractivity contribution in [3.8, 4) is 11.5 Å². The van der Waals surface area contributed by atoms with E-state index in [0.29, 0.717) is 46.0 Å². The van der Waals surface area contributed by atoms with Crippen molar-refractivity contribution in [3.05, 3.63) is 71.7 Å². The molecule has 0 bridgehead atoms. The summed E-state index contributed by atoms with van der Waals surface area (Å²) in [5, 5.41) is 8.23. The van der Waals surface area contributed by atoms with E-state index in [0.717, 1.165) is 0 Å². The zero-order chi connectivity index (χ0) is 17.9. The lowest BCUT2D eigenvalue weighted by molar-refractivity contribution is 0.0953. The van der Waals surface area contributed by atoms with E-state index in [4.69, 9.17) is 16.0 Å². The quantitative estimate of drug-likeness (QED) is 0.583. The van der Waals surface area contributed by atoms with Crippen molar-refractivity contribution >= 4 is 28.4 Å². The maximum absolute atomic E-state index is 12.8. The summed E-state index contributed by atoms with van der Waals surface area (Å²) in [6.07, 6.45) is 5.12. The molecule has 3 aromatic heterocycles. The van der Waals surface area contributed by atoms with E-state index >= 15 is 0 Å². The number of hydrogen-bond acceptors (Lipinski definition) is 4. The minimum Gasteiger partial charge on any atom is -0.463 e. The van der Waals surface area contributed by atoms with Crippen LogP contribution in [0.15, 0.2) is 65.5 Å². The zero-order valence-electron chi connectivity index (χ0n) is 13.7. The SMILES string of the molecule is O=C(NCCn1cccn1)c1cc(-c2ccco2)nc2c(Cl)cccc12. The Balaban J connectivity index is 1.68. The monoisotopic (exact) mass is 366 g/mol. The number of amides is 1. The molecule has 6 nitrogen and oxygen atoms in total. The number of carbonyl (C=O) groups excluding carboxylic acids is 1. The third kappa shape index (κ3) is 3.19. The van der Waals surface area contributed by atoms with E-state index in [1.54, 1.807) is 47.5 Å². The molecule has 0 aliphatic rings. The van der Waals surface area contributed by atoms with Gasteiger partial charge in [-0.05, 0) is 30.3 Å². The summed E-state index contributed by atoms with van der Waals surface area (Å²) in [6, 6.07) is 12.5. The molecule has 0 saturated carbocycles. The van der Waals surface area contributed by atoms with Gasteiger partial charge in [-0.3, -0.25) is 9.48 Å². The Hall–Kier alpha value is -3.12. The number of benzene rings is 1. The predicted molar refractivity (Wildman–Crippen MR) is 99.0 cm³/mol. The van der Waals surface area contributed by atoms with Crippen LogP contribution >= 0.6 is 11.6 Å². The molecule has 0 radical (unpaired) electrons. The predicted octanol–water partition coefficient (Wildman–Crippen LogP) is 3.77. The van der Waals surface area contributed by atoms with E-state index in [9.17, 15) is 4.79 Å². The van der Waals surface area contributed by atoms with Gasteiger partial charge < -0.3 is 9.73 Å². The number of nitrogens with one attached hydrogen (secondary N) is 1. The van der Waals surface area contributed by atoms with Crippen molar-refractivity contribution in [2.75, 3.05) is 6.54 Å². The first-order valence-corrected chi connectivity index (χ1v) is 8.49. The molecule has 4 rings (SSSR count). The van der Waals surface area contributed by atoms with Crippen molar-refractivity contribution in [2.45, 2.75) is 6.54 Å². The first-order valence-electron chi connectivity index (χ1n) is 8.11. The molecule has 130 valence electrons. The van der Waals surface area contributed by atoms with Crippen LogP contribution in [0, 0.1) is 0 Å². The highest BCUT2D eigenvalue weighted by Crippen LogP contribution is 2.29. The number of hydrogen-bond donors (Lipinski definition) is 1. The number of rotatable bonds is 5. The van der Waals surface area contributed by atoms with Crippen molar-refractivity contribution in [1.82, 2.24) is 20.1 Å². The van der Waals surface area contributed by atoms with Crippen LogP contribution in [0.3, 0.4) is 0 Å². The van der Waals surface area contributed by atoms with E-state index in [1.807, 2.05) is 18.3 Å². The third-order valence-electron chi connectivity index (χ3n) is 3.99. The first-order chi connectivity index (χ1) is 12.7. The molecular formula is C19H15ClN4O2. The molecule has 1 aromatic carbocycles. The highest BCUT2D eigenvalue weighted by Gasteiger charge is 2.16. The number of fused-ring (bicyclic) bond motifs is 1.